The summed E-state index contributed by atoms with van der Waals surface area (Å²) in [5.41, 5.74) is -0.137. The summed E-state index contributed by atoms with van der Waals surface area (Å²) in [4.78, 5) is 0. The zero-order valence-corrected chi connectivity index (χ0v) is 15.5. The zero-order chi connectivity index (χ0) is 18.8. The average Bonchev–Trinajstić information content (AvgIpc) is 2.61. The van der Waals surface area contributed by atoms with Crippen molar-refractivity contribution in [2.45, 2.75) is 51.7 Å². The third kappa shape index (κ3) is 4.20. The van der Waals surface area contributed by atoms with Gasteiger partial charge in [-0.3, -0.25) is 0 Å². The molecule has 2 rings (SSSR count). The standard InChI is InChI=1S/C19H36O6/c1-19(2,15-3-11(7-20)17(24)12(4-15)8-21)16-5-13(9-22)18(25)14(6-16)10-23/h11-18,20-25H,3-10H2,1-2H3. The second kappa shape index (κ2) is 8.63. The van der Waals surface area contributed by atoms with E-state index in [0.717, 1.165) is 0 Å². The molecule has 148 valence electrons. The second-order valence-corrected chi connectivity index (χ2v) is 8.91. The van der Waals surface area contributed by atoms with Crippen LogP contribution in [0.5, 0.6) is 0 Å². The molecule has 0 aromatic heterocycles. The van der Waals surface area contributed by atoms with Gasteiger partial charge in [0.2, 0.25) is 0 Å². The fourth-order valence-electron chi connectivity index (χ4n) is 5.26. The van der Waals surface area contributed by atoms with Crippen molar-refractivity contribution in [3.63, 3.8) is 0 Å². The fourth-order valence-corrected chi connectivity index (χ4v) is 5.26. The van der Waals surface area contributed by atoms with Crippen molar-refractivity contribution in [3.05, 3.63) is 0 Å². The lowest BCUT2D eigenvalue weighted by Gasteiger charge is -2.51. The highest BCUT2D eigenvalue weighted by Gasteiger charge is 2.48. The second-order valence-electron chi connectivity index (χ2n) is 8.91. The van der Waals surface area contributed by atoms with Crippen LogP contribution in [0.3, 0.4) is 0 Å². The van der Waals surface area contributed by atoms with Crippen LogP contribution in [0.4, 0.5) is 0 Å². The van der Waals surface area contributed by atoms with Crippen LogP contribution in [-0.4, -0.2) is 69.3 Å². The van der Waals surface area contributed by atoms with Crippen molar-refractivity contribution in [1.29, 1.82) is 0 Å². The third-order valence-electron chi connectivity index (χ3n) is 7.32. The maximum atomic E-state index is 10.3. The Kier molecular flexibility index (Phi) is 7.27. The predicted octanol–water partition coefficient (Wildman–Crippen LogP) is -0.0116. The summed E-state index contributed by atoms with van der Waals surface area (Å²) in [6.07, 6.45) is 1.46. The minimum atomic E-state index is -0.675. The van der Waals surface area contributed by atoms with E-state index in [2.05, 4.69) is 13.8 Å². The quantitative estimate of drug-likeness (QED) is 0.396. The van der Waals surface area contributed by atoms with Crippen LogP contribution in [0, 0.1) is 40.9 Å². The normalized spacial score (nSPS) is 43.2. The molecular weight excluding hydrogens is 324 g/mol. The van der Waals surface area contributed by atoms with Crippen LogP contribution >= 0.6 is 0 Å². The first-order chi connectivity index (χ1) is 11.8. The van der Waals surface area contributed by atoms with Gasteiger partial charge in [0.05, 0.1) is 12.2 Å². The van der Waals surface area contributed by atoms with Gasteiger partial charge in [-0.1, -0.05) is 13.8 Å². The lowest BCUT2D eigenvalue weighted by atomic mass is 9.55. The highest BCUT2D eigenvalue weighted by atomic mass is 16.3. The molecule has 0 aromatic carbocycles. The summed E-state index contributed by atoms with van der Waals surface area (Å²) in [5, 5.41) is 59.1. The van der Waals surface area contributed by atoms with Gasteiger partial charge in [0.15, 0.2) is 0 Å². The number of hydrogen-bond donors (Lipinski definition) is 6. The van der Waals surface area contributed by atoms with Gasteiger partial charge in [0, 0.05) is 50.1 Å². The Morgan fingerprint density at radius 1 is 0.600 bits per heavy atom. The number of aliphatic hydroxyl groups excluding tert-OH is 6. The molecule has 6 nitrogen and oxygen atoms in total. The Hall–Kier alpha value is -0.240. The molecule has 0 spiro atoms. The Bertz CT molecular complexity index is 351. The maximum Gasteiger partial charge on any atom is 0.0640 e. The largest absolute Gasteiger partial charge is 0.396 e. The molecule has 2 aliphatic rings. The van der Waals surface area contributed by atoms with Gasteiger partial charge in [-0.05, 0) is 42.9 Å². The van der Waals surface area contributed by atoms with E-state index >= 15 is 0 Å². The van der Waals surface area contributed by atoms with Crippen molar-refractivity contribution in [2.24, 2.45) is 40.9 Å². The molecular formula is C19H36O6. The smallest absolute Gasteiger partial charge is 0.0640 e. The molecule has 6 N–H and O–H groups in total. The Labute approximate surface area is 150 Å². The van der Waals surface area contributed by atoms with E-state index in [0.29, 0.717) is 25.7 Å². The maximum absolute atomic E-state index is 10.3. The van der Waals surface area contributed by atoms with E-state index in [1.165, 1.54) is 0 Å². The molecule has 0 aliphatic heterocycles. The molecule has 25 heavy (non-hydrogen) atoms. The zero-order valence-electron chi connectivity index (χ0n) is 15.5. The summed E-state index contributed by atoms with van der Waals surface area (Å²) >= 11 is 0. The molecule has 0 saturated heterocycles. The van der Waals surface area contributed by atoms with Crippen LogP contribution in [0.1, 0.15) is 39.5 Å². The first-order valence-corrected chi connectivity index (χ1v) is 9.59. The molecule has 0 bridgehead atoms. The third-order valence-corrected chi connectivity index (χ3v) is 7.32. The topological polar surface area (TPSA) is 121 Å². The van der Waals surface area contributed by atoms with Crippen molar-refractivity contribution in [1.82, 2.24) is 0 Å². The van der Waals surface area contributed by atoms with E-state index in [-0.39, 0.29) is 67.3 Å². The Morgan fingerprint density at radius 2 is 0.840 bits per heavy atom. The summed E-state index contributed by atoms with van der Waals surface area (Å²) in [5.74, 6) is -0.468. The fraction of sp³-hybridized carbons (Fsp3) is 1.00. The predicted molar refractivity (Wildman–Crippen MR) is 93.5 cm³/mol. The van der Waals surface area contributed by atoms with Gasteiger partial charge in [0.25, 0.3) is 0 Å². The molecule has 4 unspecified atom stereocenters. The first-order valence-electron chi connectivity index (χ1n) is 9.59. The number of aliphatic hydroxyl groups is 6. The van der Waals surface area contributed by atoms with Gasteiger partial charge < -0.3 is 30.6 Å². The van der Waals surface area contributed by atoms with E-state index in [1.54, 1.807) is 0 Å². The number of rotatable bonds is 6. The Balaban J connectivity index is 2.18. The summed E-state index contributed by atoms with van der Waals surface area (Å²) in [6.45, 7) is 3.98. The summed E-state index contributed by atoms with van der Waals surface area (Å²) in [6, 6.07) is 0. The summed E-state index contributed by atoms with van der Waals surface area (Å²) in [7, 11) is 0. The lowest BCUT2D eigenvalue weighted by molar-refractivity contribution is -0.104. The minimum Gasteiger partial charge on any atom is -0.396 e. The van der Waals surface area contributed by atoms with Gasteiger partial charge in [0.1, 0.15) is 0 Å². The molecule has 4 atom stereocenters. The van der Waals surface area contributed by atoms with Gasteiger partial charge in [-0.15, -0.1) is 0 Å². The van der Waals surface area contributed by atoms with Gasteiger partial charge in [-0.25, -0.2) is 0 Å². The minimum absolute atomic E-state index is 0.0911. The van der Waals surface area contributed by atoms with Crippen LogP contribution in [-0.2, 0) is 0 Å². The molecule has 6 heteroatoms. The van der Waals surface area contributed by atoms with E-state index in [1.807, 2.05) is 0 Å². The first kappa shape index (κ1) is 21.1. The van der Waals surface area contributed by atoms with Crippen molar-refractivity contribution < 1.29 is 30.6 Å². The van der Waals surface area contributed by atoms with Crippen LogP contribution < -0.4 is 0 Å². The lowest BCUT2D eigenvalue weighted by Crippen LogP contribution is -2.50. The Morgan fingerprint density at radius 3 is 1.04 bits per heavy atom. The average molecular weight is 360 g/mol. The molecule has 2 aliphatic carbocycles. The van der Waals surface area contributed by atoms with Crippen molar-refractivity contribution in [2.75, 3.05) is 26.4 Å². The van der Waals surface area contributed by atoms with Gasteiger partial charge in [-0.2, -0.15) is 0 Å². The highest BCUT2D eigenvalue weighted by Crippen LogP contribution is 2.52. The number of hydrogen-bond acceptors (Lipinski definition) is 6. The molecule has 2 fully saturated rings. The summed E-state index contributed by atoms with van der Waals surface area (Å²) < 4.78 is 0. The van der Waals surface area contributed by atoms with E-state index in [9.17, 15) is 30.6 Å². The van der Waals surface area contributed by atoms with E-state index in [4.69, 9.17) is 0 Å². The van der Waals surface area contributed by atoms with Crippen LogP contribution in [0.15, 0.2) is 0 Å². The monoisotopic (exact) mass is 360 g/mol. The van der Waals surface area contributed by atoms with E-state index < -0.39 is 12.2 Å². The van der Waals surface area contributed by atoms with Crippen molar-refractivity contribution >= 4 is 0 Å². The SMILES string of the molecule is CC(C)(C1CC(CO)C(O)C(CO)C1)C1CC(CO)C(O)C(CO)C1. The molecule has 0 radical (unpaired) electrons. The highest BCUT2D eigenvalue weighted by molar-refractivity contribution is 4.98. The molecule has 2 saturated carbocycles. The molecule has 0 amide bonds. The van der Waals surface area contributed by atoms with Crippen molar-refractivity contribution in [3.8, 4) is 0 Å². The van der Waals surface area contributed by atoms with Crippen LogP contribution in [0.2, 0.25) is 0 Å². The molecule has 0 heterocycles. The van der Waals surface area contributed by atoms with Crippen LogP contribution in [0.25, 0.3) is 0 Å². The van der Waals surface area contributed by atoms with Gasteiger partial charge >= 0.3 is 0 Å². The molecule has 0 aromatic rings.